The number of benzene rings is 2. The van der Waals surface area contributed by atoms with Crippen LogP contribution < -0.4 is 20.1 Å². The summed E-state index contributed by atoms with van der Waals surface area (Å²) in [6, 6.07) is 13.8. The van der Waals surface area contributed by atoms with Gasteiger partial charge in [0, 0.05) is 16.8 Å². The lowest BCUT2D eigenvalue weighted by Crippen LogP contribution is -2.35. The van der Waals surface area contributed by atoms with Crippen LogP contribution in [-0.4, -0.2) is 35.8 Å². The molecule has 1 aliphatic rings. The first-order valence-corrected chi connectivity index (χ1v) is 9.48. The van der Waals surface area contributed by atoms with Crippen LogP contribution in [-0.2, 0) is 9.59 Å². The topological polar surface area (TPSA) is 94.5 Å². The molecule has 0 unspecified atom stereocenters. The van der Waals surface area contributed by atoms with Crippen molar-refractivity contribution in [2.45, 2.75) is 19.4 Å². The number of fused-ring (bicyclic) bond motifs is 1. The second kappa shape index (κ2) is 7.90. The zero-order chi connectivity index (χ0) is 21.3. The maximum atomic E-state index is 13.0. The molecule has 0 saturated carbocycles. The van der Waals surface area contributed by atoms with Crippen molar-refractivity contribution in [3.05, 3.63) is 54.1 Å². The van der Waals surface area contributed by atoms with Gasteiger partial charge in [0.2, 0.25) is 11.8 Å². The van der Waals surface area contributed by atoms with Gasteiger partial charge in [0.15, 0.2) is 0 Å². The number of amides is 2. The van der Waals surface area contributed by atoms with Crippen LogP contribution in [0.25, 0.3) is 11.3 Å². The number of methoxy groups -OCH3 is 2. The van der Waals surface area contributed by atoms with Crippen molar-refractivity contribution in [1.29, 1.82) is 0 Å². The van der Waals surface area contributed by atoms with E-state index in [9.17, 15) is 9.59 Å². The van der Waals surface area contributed by atoms with E-state index < -0.39 is 6.04 Å². The minimum absolute atomic E-state index is 0.0121. The Balaban J connectivity index is 1.65. The van der Waals surface area contributed by atoms with Gasteiger partial charge in [-0.1, -0.05) is 0 Å². The quantitative estimate of drug-likeness (QED) is 0.677. The van der Waals surface area contributed by atoms with Gasteiger partial charge in [-0.25, -0.2) is 4.68 Å². The molecular formula is C22H22N4O4. The number of carbonyl (C=O) groups is 2. The smallest absolute Gasteiger partial charge is 0.249 e. The van der Waals surface area contributed by atoms with Gasteiger partial charge in [-0.3, -0.25) is 9.59 Å². The monoisotopic (exact) mass is 406 g/mol. The van der Waals surface area contributed by atoms with Crippen molar-refractivity contribution < 1.29 is 19.1 Å². The van der Waals surface area contributed by atoms with E-state index in [1.54, 1.807) is 43.2 Å². The predicted molar refractivity (Wildman–Crippen MR) is 113 cm³/mol. The highest BCUT2D eigenvalue weighted by atomic mass is 16.5. The molecule has 1 atom stereocenters. The number of hydrogen-bond acceptors (Lipinski definition) is 5. The fourth-order valence-corrected chi connectivity index (χ4v) is 3.47. The van der Waals surface area contributed by atoms with Gasteiger partial charge in [-0.05, 0) is 55.5 Å². The molecule has 8 heteroatoms. The molecule has 2 aromatic carbocycles. The molecular weight excluding hydrogens is 384 g/mol. The first-order chi connectivity index (χ1) is 14.5. The van der Waals surface area contributed by atoms with E-state index in [1.807, 2.05) is 31.2 Å². The van der Waals surface area contributed by atoms with Gasteiger partial charge in [-0.2, -0.15) is 5.10 Å². The molecule has 30 heavy (non-hydrogen) atoms. The minimum atomic E-state index is -0.749. The summed E-state index contributed by atoms with van der Waals surface area (Å²) in [4.78, 5) is 25.3. The molecule has 3 aromatic rings. The maximum absolute atomic E-state index is 13.0. The van der Waals surface area contributed by atoms with E-state index in [0.717, 1.165) is 16.9 Å². The normalized spacial score (nSPS) is 15.2. The lowest BCUT2D eigenvalue weighted by Gasteiger charge is -2.24. The number of rotatable bonds is 5. The summed E-state index contributed by atoms with van der Waals surface area (Å²) in [5.74, 6) is 1.44. The van der Waals surface area contributed by atoms with Gasteiger partial charge in [-0.15, -0.1) is 0 Å². The van der Waals surface area contributed by atoms with Crippen molar-refractivity contribution >= 4 is 23.3 Å². The highest BCUT2D eigenvalue weighted by Crippen LogP contribution is 2.35. The number of ether oxygens (including phenoxy) is 2. The summed E-state index contributed by atoms with van der Waals surface area (Å²) in [5, 5.41) is 10.4. The lowest BCUT2D eigenvalue weighted by atomic mass is 10.1. The first kappa shape index (κ1) is 19.5. The Hall–Kier alpha value is -3.81. The first-order valence-electron chi connectivity index (χ1n) is 9.48. The molecule has 2 amide bonds. The third kappa shape index (κ3) is 3.59. The molecule has 1 aromatic heterocycles. The number of hydrogen-bond donors (Lipinski definition) is 2. The van der Waals surface area contributed by atoms with Crippen LogP contribution in [0.3, 0.4) is 0 Å². The summed E-state index contributed by atoms with van der Waals surface area (Å²) >= 11 is 0. The molecule has 0 radical (unpaired) electrons. The van der Waals surface area contributed by atoms with Crippen molar-refractivity contribution in [3.63, 3.8) is 0 Å². The Morgan fingerprint density at radius 3 is 2.27 bits per heavy atom. The van der Waals surface area contributed by atoms with Crippen LogP contribution in [0.2, 0.25) is 0 Å². The zero-order valence-corrected chi connectivity index (χ0v) is 16.9. The molecule has 8 nitrogen and oxygen atoms in total. The van der Waals surface area contributed by atoms with Gasteiger partial charge < -0.3 is 20.1 Å². The number of nitrogens with zero attached hydrogens (tertiary/aromatic N) is 2. The van der Waals surface area contributed by atoms with E-state index in [-0.39, 0.29) is 18.2 Å². The lowest BCUT2D eigenvalue weighted by molar-refractivity contribution is -0.125. The summed E-state index contributed by atoms with van der Waals surface area (Å²) in [7, 11) is 3.19. The van der Waals surface area contributed by atoms with Crippen LogP contribution in [0.5, 0.6) is 11.5 Å². The molecule has 0 bridgehead atoms. The highest BCUT2D eigenvalue weighted by Gasteiger charge is 2.34. The molecule has 1 aliphatic heterocycles. The van der Waals surface area contributed by atoms with E-state index in [4.69, 9.17) is 9.47 Å². The average molecular weight is 406 g/mol. The van der Waals surface area contributed by atoms with Crippen molar-refractivity contribution in [2.75, 3.05) is 24.9 Å². The molecule has 0 fully saturated rings. The number of carbonyl (C=O) groups excluding carboxylic acids is 2. The van der Waals surface area contributed by atoms with E-state index in [0.29, 0.717) is 22.9 Å². The second-order valence-electron chi connectivity index (χ2n) is 6.98. The van der Waals surface area contributed by atoms with Crippen LogP contribution >= 0.6 is 0 Å². The molecule has 2 N–H and O–H groups in total. The Labute approximate surface area is 173 Å². The molecule has 4 rings (SSSR count). The number of anilines is 2. The summed E-state index contributed by atoms with van der Waals surface area (Å²) in [6.45, 7) is 1.88. The fourth-order valence-electron chi connectivity index (χ4n) is 3.47. The maximum Gasteiger partial charge on any atom is 0.249 e. The van der Waals surface area contributed by atoms with Crippen LogP contribution in [0.4, 0.5) is 11.5 Å². The minimum Gasteiger partial charge on any atom is -0.497 e. The molecule has 2 heterocycles. The van der Waals surface area contributed by atoms with Crippen LogP contribution in [0.1, 0.15) is 18.0 Å². The van der Waals surface area contributed by atoms with Crippen molar-refractivity contribution in [3.8, 4) is 22.8 Å². The fraction of sp³-hybridized carbons (Fsp3) is 0.227. The molecule has 0 spiro atoms. The third-order valence-electron chi connectivity index (χ3n) is 5.10. The Kier molecular flexibility index (Phi) is 5.14. The third-order valence-corrected chi connectivity index (χ3v) is 5.10. The average Bonchev–Trinajstić information content (AvgIpc) is 3.10. The van der Waals surface area contributed by atoms with Gasteiger partial charge in [0.25, 0.3) is 0 Å². The van der Waals surface area contributed by atoms with E-state index in [2.05, 4.69) is 15.7 Å². The predicted octanol–water partition coefficient (Wildman–Crippen LogP) is 3.40. The SMILES string of the molecule is COc1ccc(NC(=O)[C@H]2CC(=O)Nc3c(C)c(-c4ccc(OC)cc4)nn32)cc1. The van der Waals surface area contributed by atoms with Crippen LogP contribution in [0, 0.1) is 6.92 Å². The Bertz CT molecular complexity index is 1090. The second-order valence-corrected chi connectivity index (χ2v) is 6.98. The van der Waals surface area contributed by atoms with E-state index >= 15 is 0 Å². The number of aromatic nitrogens is 2. The summed E-state index contributed by atoms with van der Waals surface area (Å²) in [5.41, 5.74) is 3.00. The highest BCUT2D eigenvalue weighted by molar-refractivity contribution is 6.02. The molecule has 0 saturated heterocycles. The van der Waals surface area contributed by atoms with Gasteiger partial charge >= 0.3 is 0 Å². The Morgan fingerprint density at radius 1 is 1.07 bits per heavy atom. The van der Waals surface area contributed by atoms with Crippen LogP contribution in [0.15, 0.2) is 48.5 Å². The molecule has 0 aliphatic carbocycles. The molecule has 154 valence electrons. The van der Waals surface area contributed by atoms with Crippen molar-refractivity contribution in [1.82, 2.24) is 9.78 Å². The largest absolute Gasteiger partial charge is 0.497 e. The van der Waals surface area contributed by atoms with Gasteiger partial charge in [0.1, 0.15) is 23.4 Å². The summed E-state index contributed by atoms with van der Waals surface area (Å²) < 4.78 is 11.9. The Morgan fingerprint density at radius 2 is 1.67 bits per heavy atom. The zero-order valence-electron chi connectivity index (χ0n) is 16.9. The van der Waals surface area contributed by atoms with Crippen molar-refractivity contribution in [2.24, 2.45) is 0 Å². The number of nitrogens with one attached hydrogen (secondary N) is 2. The standard InChI is InChI=1S/C22H22N4O4/c1-13-20(14-4-8-16(29-2)9-5-14)25-26-18(12-19(27)24-21(13)26)22(28)23-15-6-10-17(30-3)11-7-15/h4-11,18H,12H2,1-3H3,(H,23,28)(H,24,27)/t18-/m1/s1. The summed E-state index contributed by atoms with van der Waals surface area (Å²) in [6.07, 6.45) is 0.0121. The van der Waals surface area contributed by atoms with Gasteiger partial charge in [0.05, 0.1) is 26.3 Å². The van der Waals surface area contributed by atoms with E-state index in [1.165, 1.54) is 0 Å².